The molecule has 4 aromatic rings. The summed E-state index contributed by atoms with van der Waals surface area (Å²) in [6.45, 7) is 0.0672. The van der Waals surface area contributed by atoms with Gasteiger partial charge in [-0.1, -0.05) is 12.8 Å². The predicted octanol–water partition coefficient (Wildman–Crippen LogP) is 2.96. The molecule has 1 aromatic carbocycles. The first kappa shape index (κ1) is 23.0. The van der Waals surface area contributed by atoms with Crippen LogP contribution in [-0.2, 0) is 4.74 Å². The average molecular weight is 491 g/mol. The van der Waals surface area contributed by atoms with E-state index >= 15 is 0 Å². The van der Waals surface area contributed by atoms with Crippen LogP contribution in [0.15, 0.2) is 42.9 Å². The molecule has 5 N–H and O–H groups in total. The molecule has 188 valence electrons. The van der Waals surface area contributed by atoms with Crippen LogP contribution < -0.4 is 15.8 Å². The summed E-state index contributed by atoms with van der Waals surface area (Å²) in [5.41, 5.74) is 8.72. The quantitative estimate of drug-likeness (QED) is 0.321. The van der Waals surface area contributed by atoms with Gasteiger partial charge in [0.05, 0.1) is 10.9 Å². The fourth-order valence-corrected chi connectivity index (χ4v) is 5.48. The van der Waals surface area contributed by atoms with Crippen LogP contribution in [0.4, 0.5) is 11.6 Å². The molecule has 36 heavy (non-hydrogen) atoms. The molecule has 10 heteroatoms. The molecule has 6 rings (SSSR count). The molecule has 1 saturated heterocycles. The molecule has 1 aliphatic heterocycles. The Morgan fingerprint density at radius 1 is 1.14 bits per heavy atom. The molecule has 0 unspecified atom stereocenters. The van der Waals surface area contributed by atoms with E-state index in [-0.39, 0.29) is 6.61 Å². The first-order chi connectivity index (χ1) is 17.5. The molecule has 2 fully saturated rings. The van der Waals surface area contributed by atoms with Crippen molar-refractivity contribution >= 4 is 33.6 Å². The topological polar surface area (TPSA) is 141 Å². The number of nitrogens with two attached hydrogens (primary N) is 1. The van der Waals surface area contributed by atoms with Gasteiger partial charge >= 0.3 is 0 Å². The molecule has 0 bridgehead atoms. The zero-order chi connectivity index (χ0) is 24.8. The minimum Gasteiger partial charge on any atom is -0.491 e. The van der Waals surface area contributed by atoms with Crippen LogP contribution in [-0.4, -0.2) is 61.7 Å². The third kappa shape index (κ3) is 3.91. The number of aliphatic hydroxyl groups excluding tert-OH is 2. The highest BCUT2D eigenvalue weighted by Gasteiger charge is 2.45. The van der Waals surface area contributed by atoms with Gasteiger partial charge in [-0.3, -0.25) is 0 Å². The second kappa shape index (κ2) is 9.20. The zero-order valence-corrected chi connectivity index (χ0v) is 20.0. The first-order valence-electron chi connectivity index (χ1n) is 12.4. The number of rotatable bonds is 6. The van der Waals surface area contributed by atoms with Crippen LogP contribution in [0.1, 0.15) is 43.4 Å². The summed E-state index contributed by atoms with van der Waals surface area (Å²) in [7, 11) is 1.82. The number of hydrogen-bond donors (Lipinski definition) is 4. The van der Waals surface area contributed by atoms with Crippen molar-refractivity contribution in [3.05, 3.63) is 48.4 Å². The summed E-state index contributed by atoms with van der Waals surface area (Å²) in [4.78, 5) is 13.2. The number of pyridine rings is 1. The van der Waals surface area contributed by atoms with E-state index in [1.54, 1.807) is 4.57 Å². The Kier molecular flexibility index (Phi) is 5.87. The maximum absolute atomic E-state index is 10.9. The van der Waals surface area contributed by atoms with Crippen LogP contribution >= 0.6 is 0 Å². The lowest BCUT2D eigenvalue weighted by atomic mass is 9.98. The minimum atomic E-state index is -1.15. The number of nitrogens with one attached hydrogen (secondary N) is 1. The highest BCUT2D eigenvalue weighted by molar-refractivity contribution is 5.90. The number of nitrogens with zero attached hydrogens (tertiary/aromatic N) is 4. The molecule has 1 saturated carbocycles. The Bertz CT molecular complexity index is 1400. The molecule has 10 nitrogen and oxygen atoms in total. The molecular weight excluding hydrogens is 460 g/mol. The summed E-state index contributed by atoms with van der Waals surface area (Å²) in [6, 6.07) is 9.53. The van der Waals surface area contributed by atoms with Crippen molar-refractivity contribution in [1.82, 2.24) is 19.5 Å². The molecular formula is C26H30N6O4. The zero-order valence-electron chi connectivity index (χ0n) is 20.0. The van der Waals surface area contributed by atoms with E-state index in [4.69, 9.17) is 15.2 Å². The lowest BCUT2D eigenvalue weighted by Gasteiger charge is -2.17. The van der Waals surface area contributed by atoms with Crippen molar-refractivity contribution in [1.29, 1.82) is 0 Å². The van der Waals surface area contributed by atoms with Crippen molar-refractivity contribution in [3.63, 3.8) is 0 Å². The fourth-order valence-electron chi connectivity index (χ4n) is 5.48. The van der Waals surface area contributed by atoms with Gasteiger partial charge in [0.2, 0.25) is 0 Å². The molecule has 0 radical (unpaired) electrons. The number of aromatic nitrogens is 4. The van der Waals surface area contributed by atoms with E-state index in [1.807, 2.05) is 43.6 Å². The van der Waals surface area contributed by atoms with Crippen LogP contribution in [0.25, 0.3) is 21.9 Å². The van der Waals surface area contributed by atoms with Crippen molar-refractivity contribution in [3.8, 4) is 5.75 Å². The van der Waals surface area contributed by atoms with Gasteiger partial charge in [-0.05, 0) is 48.6 Å². The maximum atomic E-state index is 10.9. The molecule has 3 aromatic heterocycles. The number of aliphatic hydroxyl groups is 2. The molecule has 2 aliphatic rings. The summed E-state index contributed by atoms with van der Waals surface area (Å²) in [6.07, 6.45) is 4.05. The van der Waals surface area contributed by atoms with Gasteiger partial charge in [-0.15, -0.1) is 0 Å². The van der Waals surface area contributed by atoms with Gasteiger partial charge in [0.25, 0.3) is 0 Å². The Morgan fingerprint density at radius 3 is 2.75 bits per heavy atom. The Hall–Kier alpha value is -3.47. The van der Waals surface area contributed by atoms with Crippen molar-refractivity contribution in [2.24, 2.45) is 0 Å². The summed E-state index contributed by atoms with van der Waals surface area (Å²) in [5, 5.41) is 26.6. The van der Waals surface area contributed by atoms with Crippen molar-refractivity contribution in [2.45, 2.75) is 56.1 Å². The third-order valence-electron chi connectivity index (χ3n) is 7.41. The number of nitrogen functional groups attached to an aromatic ring is 1. The highest BCUT2D eigenvalue weighted by atomic mass is 16.6. The van der Waals surface area contributed by atoms with Crippen molar-refractivity contribution < 1.29 is 19.7 Å². The summed E-state index contributed by atoms with van der Waals surface area (Å²) in [5.74, 6) is 2.16. The van der Waals surface area contributed by atoms with E-state index in [1.165, 1.54) is 19.2 Å². The van der Waals surface area contributed by atoms with Gasteiger partial charge in [0.1, 0.15) is 54.3 Å². The van der Waals surface area contributed by atoms with E-state index < -0.39 is 24.5 Å². The molecule has 0 spiro atoms. The van der Waals surface area contributed by atoms with Gasteiger partial charge in [0, 0.05) is 24.7 Å². The second-order valence-electron chi connectivity index (χ2n) is 9.59. The monoisotopic (exact) mass is 490 g/mol. The van der Waals surface area contributed by atoms with E-state index in [2.05, 4.69) is 20.3 Å². The third-order valence-corrected chi connectivity index (χ3v) is 7.41. The van der Waals surface area contributed by atoms with Gasteiger partial charge in [-0.25, -0.2) is 15.0 Å². The number of anilines is 2. The summed E-state index contributed by atoms with van der Waals surface area (Å²) < 4.78 is 13.9. The largest absolute Gasteiger partial charge is 0.491 e. The minimum absolute atomic E-state index is 0.0672. The second-order valence-corrected chi connectivity index (χ2v) is 9.59. The van der Waals surface area contributed by atoms with E-state index in [0.717, 1.165) is 40.5 Å². The molecule has 1 aliphatic carbocycles. The van der Waals surface area contributed by atoms with Crippen molar-refractivity contribution in [2.75, 3.05) is 24.7 Å². The lowest BCUT2D eigenvalue weighted by molar-refractivity contribution is -0.0472. The number of ether oxygens (including phenoxy) is 2. The lowest BCUT2D eigenvalue weighted by Crippen LogP contribution is -2.34. The van der Waals surface area contributed by atoms with Crippen LogP contribution in [0, 0.1) is 0 Å². The standard InChI is InChI=1S/C26H30N6O4/c1-28-20-9-7-15-6-8-16(10-18(15)31-20)35-12-19-22(33)23(34)26(36-19)32-11-17(14-4-2-3-5-14)21-24(27)29-13-30-25(21)32/h6-11,13-14,19,22-23,26,33-34H,2-5,12H2,1H3,(H,28,31)(H2,27,29,30)/t19-,22-,23-,26-/m1/s1. The van der Waals surface area contributed by atoms with Crippen LogP contribution in [0.2, 0.25) is 0 Å². The fraction of sp³-hybridized carbons (Fsp3) is 0.423. The smallest absolute Gasteiger partial charge is 0.164 e. The molecule has 4 heterocycles. The van der Waals surface area contributed by atoms with Crippen LogP contribution in [0.5, 0.6) is 5.75 Å². The van der Waals surface area contributed by atoms with Gasteiger partial charge in [0.15, 0.2) is 6.23 Å². The van der Waals surface area contributed by atoms with Gasteiger partial charge in [-0.2, -0.15) is 0 Å². The number of benzene rings is 1. The highest BCUT2D eigenvalue weighted by Crippen LogP contribution is 2.42. The normalized spacial score (nSPS) is 24.6. The first-order valence-corrected chi connectivity index (χ1v) is 12.4. The Morgan fingerprint density at radius 2 is 1.94 bits per heavy atom. The summed E-state index contributed by atoms with van der Waals surface area (Å²) >= 11 is 0. The van der Waals surface area contributed by atoms with Crippen LogP contribution in [0.3, 0.4) is 0 Å². The SMILES string of the molecule is CNc1ccc2ccc(OC[C@H]3O[C@@H](n4cc(C5CCCC5)c5c(N)ncnc54)[C@H](O)[C@@H]3O)cc2n1. The van der Waals surface area contributed by atoms with Gasteiger partial charge < -0.3 is 35.3 Å². The molecule has 4 atom stereocenters. The van der Waals surface area contributed by atoms with E-state index in [0.29, 0.717) is 23.1 Å². The molecule has 0 amide bonds. The average Bonchev–Trinajstić information content (AvgIpc) is 3.62. The maximum Gasteiger partial charge on any atom is 0.164 e. The Labute approximate surface area is 208 Å². The van der Waals surface area contributed by atoms with E-state index in [9.17, 15) is 10.2 Å². The Balaban J connectivity index is 1.24. The number of hydrogen-bond acceptors (Lipinski definition) is 9. The number of fused-ring (bicyclic) bond motifs is 2. The predicted molar refractivity (Wildman–Crippen MR) is 136 cm³/mol.